The Morgan fingerprint density at radius 3 is 2.68 bits per heavy atom. The van der Waals surface area contributed by atoms with Crippen molar-refractivity contribution in [1.82, 2.24) is 29.8 Å². The first kappa shape index (κ1) is 22.7. The molecule has 3 aromatic heterocycles. The molecule has 0 unspecified atom stereocenters. The van der Waals surface area contributed by atoms with Crippen molar-refractivity contribution in [3.05, 3.63) is 54.4 Å². The Kier molecular flexibility index (Phi) is 6.47. The Bertz CT molecular complexity index is 1300. The van der Waals surface area contributed by atoms with E-state index < -0.39 is 0 Å². The largest absolute Gasteiger partial charge is 0.326 e. The minimum absolute atomic E-state index is 0.171. The molecule has 0 bridgehead atoms. The molecule has 5 rings (SSSR count). The van der Waals surface area contributed by atoms with E-state index in [9.17, 15) is 4.39 Å². The molecule has 2 N–H and O–H groups in total. The summed E-state index contributed by atoms with van der Waals surface area (Å²) in [6, 6.07) is 9.39. The molecule has 34 heavy (non-hydrogen) atoms. The maximum Gasteiger partial charge on any atom is 0.228 e. The zero-order chi connectivity index (χ0) is 23.7. The summed E-state index contributed by atoms with van der Waals surface area (Å²) in [5.74, 6) is 1.52. The number of pyridine rings is 1. The van der Waals surface area contributed by atoms with Gasteiger partial charge in [0, 0.05) is 34.1 Å². The lowest BCUT2D eigenvalue weighted by Gasteiger charge is -2.21. The highest BCUT2D eigenvalue weighted by molar-refractivity contribution is 8.00. The van der Waals surface area contributed by atoms with Gasteiger partial charge in [0.15, 0.2) is 5.82 Å². The van der Waals surface area contributed by atoms with Gasteiger partial charge < -0.3 is 15.2 Å². The number of anilines is 2. The fourth-order valence-corrected chi connectivity index (χ4v) is 5.51. The zero-order valence-electron chi connectivity index (χ0n) is 19.5. The second kappa shape index (κ2) is 9.68. The van der Waals surface area contributed by atoms with Crippen molar-refractivity contribution in [2.75, 3.05) is 18.4 Å². The monoisotopic (exact) mass is 477 g/mol. The third kappa shape index (κ3) is 4.76. The van der Waals surface area contributed by atoms with E-state index in [0.29, 0.717) is 33.8 Å². The van der Waals surface area contributed by atoms with Gasteiger partial charge in [-0.2, -0.15) is 0 Å². The summed E-state index contributed by atoms with van der Waals surface area (Å²) in [4.78, 5) is 19.0. The molecule has 1 aliphatic rings. The van der Waals surface area contributed by atoms with Crippen LogP contribution in [0, 0.1) is 12.7 Å². The smallest absolute Gasteiger partial charge is 0.228 e. The van der Waals surface area contributed by atoms with E-state index in [0.717, 1.165) is 29.3 Å². The summed E-state index contributed by atoms with van der Waals surface area (Å²) in [5, 5.41) is 7.20. The summed E-state index contributed by atoms with van der Waals surface area (Å²) >= 11 is 1.88. The van der Waals surface area contributed by atoms with Gasteiger partial charge in [-0.3, -0.25) is 0 Å². The van der Waals surface area contributed by atoms with Gasteiger partial charge in [0.25, 0.3) is 0 Å². The van der Waals surface area contributed by atoms with Crippen LogP contribution in [-0.4, -0.2) is 42.8 Å². The van der Waals surface area contributed by atoms with Gasteiger partial charge >= 0.3 is 0 Å². The van der Waals surface area contributed by atoms with E-state index in [-0.39, 0.29) is 11.9 Å². The van der Waals surface area contributed by atoms with Gasteiger partial charge in [0.1, 0.15) is 17.2 Å². The van der Waals surface area contributed by atoms with Gasteiger partial charge in [-0.25, -0.2) is 24.3 Å². The molecule has 0 amide bonds. The number of thioether (sulfide) groups is 1. The second-order valence-corrected chi connectivity index (χ2v) is 10.2. The number of imidazole rings is 1. The van der Waals surface area contributed by atoms with Crippen molar-refractivity contribution in [3.63, 3.8) is 0 Å². The predicted octanol–water partition coefficient (Wildman–Crippen LogP) is 5.50. The molecule has 4 aromatic rings. The minimum atomic E-state index is -0.355. The number of aryl methyl sites for hydroxylation is 1. The molecule has 0 spiro atoms. The van der Waals surface area contributed by atoms with Gasteiger partial charge in [0.05, 0.1) is 11.2 Å². The van der Waals surface area contributed by atoms with Crippen LogP contribution in [0.3, 0.4) is 0 Å². The number of aromatic nitrogens is 5. The quantitative estimate of drug-likeness (QED) is 0.379. The highest BCUT2D eigenvalue weighted by Gasteiger charge is 2.17. The highest BCUT2D eigenvalue weighted by atomic mass is 32.2. The van der Waals surface area contributed by atoms with Crippen LogP contribution in [0.4, 0.5) is 16.2 Å². The van der Waals surface area contributed by atoms with E-state index in [1.54, 1.807) is 12.3 Å². The molecule has 176 valence electrons. The van der Waals surface area contributed by atoms with Crippen LogP contribution in [-0.2, 0) is 0 Å². The second-order valence-electron chi connectivity index (χ2n) is 8.79. The molecule has 7 nitrogen and oxygen atoms in total. The van der Waals surface area contributed by atoms with Crippen molar-refractivity contribution in [2.45, 2.75) is 49.8 Å². The predicted molar refractivity (Wildman–Crippen MR) is 135 cm³/mol. The minimum Gasteiger partial charge on any atom is -0.326 e. The molecule has 0 aliphatic carbocycles. The van der Waals surface area contributed by atoms with E-state index in [2.05, 4.69) is 50.5 Å². The van der Waals surface area contributed by atoms with Crippen LogP contribution in [0.15, 0.2) is 47.6 Å². The van der Waals surface area contributed by atoms with Crippen LogP contribution < -0.4 is 10.6 Å². The topological polar surface area (TPSA) is 80.6 Å². The summed E-state index contributed by atoms with van der Waals surface area (Å²) in [6.07, 6.45) is 5.90. The fourth-order valence-electron chi connectivity index (χ4n) is 4.39. The van der Waals surface area contributed by atoms with E-state index in [1.807, 2.05) is 41.6 Å². The molecular weight excluding hydrogens is 449 g/mol. The van der Waals surface area contributed by atoms with E-state index in [1.165, 1.54) is 18.9 Å². The highest BCUT2D eigenvalue weighted by Crippen LogP contribution is 2.30. The zero-order valence-corrected chi connectivity index (χ0v) is 20.4. The van der Waals surface area contributed by atoms with Crippen LogP contribution in [0.1, 0.15) is 38.6 Å². The number of hydrogen-bond donors (Lipinski definition) is 2. The first-order valence-electron chi connectivity index (χ1n) is 11.6. The molecule has 1 saturated heterocycles. The summed E-state index contributed by atoms with van der Waals surface area (Å²) in [7, 11) is 0. The number of hydrogen-bond acceptors (Lipinski definition) is 7. The number of fused-ring (bicyclic) bond motifs is 1. The van der Waals surface area contributed by atoms with Crippen LogP contribution in [0.25, 0.3) is 22.3 Å². The molecule has 1 aliphatic heterocycles. The van der Waals surface area contributed by atoms with Crippen LogP contribution in [0.2, 0.25) is 0 Å². The van der Waals surface area contributed by atoms with Crippen molar-refractivity contribution in [2.24, 2.45) is 0 Å². The van der Waals surface area contributed by atoms with E-state index in [4.69, 9.17) is 0 Å². The number of nitrogens with one attached hydrogen (secondary N) is 2. The van der Waals surface area contributed by atoms with Crippen molar-refractivity contribution < 1.29 is 4.39 Å². The SMILES string of the molecule is Cc1nc2c(F)cc(-c3ccnc(Nc4ccc(SC5CCNCC5)cn4)n3)cc2n1C(C)C. The molecule has 1 aromatic carbocycles. The number of piperidine rings is 1. The Morgan fingerprint density at radius 2 is 1.94 bits per heavy atom. The van der Waals surface area contributed by atoms with Gasteiger partial charge in [-0.05, 0) is 77.0 Å². The van der Waals surface area contributed by atoms with Crippen molar-refractivity contribution in [1.29, 1.82) is 0 Å². The Morgan fingerprint density at radius 1 is 1.12 bits per heavy atom. The number of halogens is 1. The third-order valence-corrected chi connectivity index (χ3v) is 7.28. The van der Waals surface area contributed by atoms with Crippen molar-refractivity contribution in [3.8, 4) is 11.3 Å². The van der Waals surface area contributed by atoms with Crippen LogP contribution >= 0.6 is 11.8 Å². The Labute approximate surface area is 202 Å². The maximum atomic E-state index is 14.9. The van der Waals surface area contributed by atoms with Crippen LogP contribution in [0.5, 0.6) is 0 Å². The summed E-state index contributed by atoms with van der Waals surface area (Å²) < 4.78 is 16.9. The first-order valence-corrected chi connectivity index (χ1v) is 12.5. The summed E-state index contributed by atoms with van der Waals surface area (Å²) in [5.41, 5.74) is 2.46. The fraction of sp³-hybridized carbons (Fsp3) is 0.360. The molecule has 0 atom stereocenters. The van der Waals surface area contributed by atoms with Gasteiger partial charge in [0.2, 0.25) is 5.95 Å². The molecule has 9 heteroatoms. The number of rotatable bonds is 6. The Hall–Kier alpha value is -3.04. The van der Waals surface area contributed by atoms with Crippen molar-refractivity contribution >= 4 is 34.6 Å². The standard InChI is InChI=1S/C25H28FN7S/c1-15(2)33-16(3)30-24-20(26)12-17(13-22(24)33)21-8-11-28-25(31-21)32-23-5-4-19(14-29-23)34-18-6-9-27-10-7-18/h4-5,8,11-15,18,27H,6-7,9-10H2,1-3H3,(H,28,29,31,32). The number of nitrogens with zero attached hydrogens (tertiary/aromatic N) is 5. The van der Waals surface area contributed by atoms with Gasteiger partial charge in [-0.15, -0.1) is 11.8 Å². The summed E-state index contributed by atoms with van der Waals surface area (Å²) in [6.45, 7) is 8.18. The molecule has 0 radical (unpaired) electrons. The third-order valence-electron chi connectivity index (χ3n) is 5.96. The molecule has 4 heterocycles. The first-order chi connectivity index (χ1) is 16.5. The average Bonchev–Trinajstić information content (AvgIpc) is 3.18. The maximum absolute atomic E-state index is 14.9. The lowest BCUT2D eigenvalue weighted by atomic mass is 10.1. The Balaban J connectivity index is 1.36. The average molecular weight is 478 g/mol. The molecule has 1 fully saturated rings. The van der Waals surface area contributed by atoms with Gasteiger partial charge in [-0.1, -0.05) is 0 Å². The van der Waals surface area contributed by atoms with E-state index >= 15 is 0 Å². The molecule has 0 saturated carbocycles. The lowest BCUT2D eigenvalue weighted by molar-refractivity contribution is 0.531. The number of benzene rings is 1. The molecular formula is C25H28FN7S. The lowest BCUT2D eigenvalue weighted by Crippen LogP contribution is -2.29. The normalized spacial score (nSPS) is 14.7.